The SMILES string of the molecule is CC(C)CNCC(C)CN1CCN(c2ncccn2)CC1. The van der Waals surface area contributed by atoms with Gasteiger partial charge in [-0.05, 0) is 31.0 Å². The van der Waals surface area contributed by atoms with E-state index in [4.69, 9.17) is 0 Å². The fourth-order valence-electron chi connectivity index (χ4n) is 2.71. The number of hydrogen-bond donors (Lipinski definition) is 1. The molecule has 5 heteroatoms. The molecule has 1 N–H and O–H groups in total. The van der Waals surface area contributed by atoms with Crippen molar-refractivity contribution in [1.82, 2.24) is 20.2 Å². The van der Waals surface area contributed by atoms with Crippen molar-refractivity contribution in [1.29, 1.82) is 0 Å². The number of piperazine rings is 1. The maximum absolute atomic E-state index is 4.33. The lowest BCUT2D eigenvalue weighted by atomic mass is 10.1. The summed E-state index contributed by atoms with van der Waals surface area (Å²) >= 11 is 0. The summed E-state index contributed by atoms with van der Waals surface area (Å²) in [5, 5.41) is 3.55. The molecule has 1 aromatic heterocycles. The topological polar surface area (TPSA) is 44.3 Å². The smallest absolute Gasteiger partial charge is 0.225 e. The molecule has 1 aromatic rings. The van der Waals surface area contributed by atoms with E-state index in [-0.39, 0.29) is 0 Å². The number of nitrogens with one attached hydrogen (secondary N) is 1. The van der Waals surface area contributed by atoms with Gasteiger partial charge in [-0.25, -0.2) is 9.97 Å². The Morgan fingerprint density at radius 3 is 2.33 bits per heavy atom. The highest BCUT2D eigenvalue weighted by molar-refractivity contribution is 5.29. The van der Waals surface area contributed by atoms with Crippen LogP contribution in [0, 0.1) is 11.8 Å². The van der Waals surface area contributed by atoms with Crippen LogP contribution in [-0.2, 0) is 0 Å². The molecule has 1 saturated heterocycles. The third-order valence-corrected chi connectivity index (χ3v) is 3.82. The van der Waals surface area contributed by atoms with Gasteiger partial charge < -0.3 is 10.2 Å². The predicted molar refractivity (Wildman–Crippen MR) is 87.6 cm³/mol. The Labute approximate surface area is 128 Å². The number of aromatic nitrogens is 2. The molecule has 2 heterocycles. The summed E-state index contributed by atoms with van der Waals surface area (Å²) in [7, 11) is 0. The van der Waals surface area contributed by atoms with Gasteiger partial charge in [0, 0.05) is 45.1 Å². The number of nitrogens with zero attached hydrogens (tertiary/aromatic N) is 4. The van der Waals surface area contributed by atoms with E-state index in [0.717, 1.165) is 51.1 Å². The molecule has 0 radical (unpaired) electrons. The van der Waals surface area contributed by atoms with Crippen molar-refractivity contribution in [2.75, 3.05) is 50.7 Å². The van der Waals surface area contributed by atoms with Gasteiger partial charge in [0.05, 0.1) is 0 Å². The zero-order chi connectivity index (χ0) is 15.1. The van der Waals surface area contributed by atoms with E-state index >= 15 is 0 Å². The fourth-order valence-corrected chi connectivity index (χ4v) is 2.71. The molecule has 0 bridgehead atoms. The zero-order valence-electron chi connectivity index (χ0n) is 13.6. The maximum Gasteiger partial charge on any atom is 0.225 e. The second kappa shape index (κ2) is 8.29. The van der Waals surface area contributed by atoms with Gasteiger partial charge in [0.1, 0.15) is 0 Å². The molecule has 1 fully saturated rings. The van der Waals surface area contributed by atoms with Crippen LogP contribution in [0.4, 0.5) is 5.95 Å². The Morgan fingerprint density at radius 2 is 1.71 bits per heavy atom. The van der Waals surface area contributed by atoms with E-state index in [1.165, 1.54) is 6.54 Å². The lowest BCUT2D eigenvalue weighted by Crippen LogP contribution is -2.48. The molecule has 0 aromatic carbocycles. The van der Waals surface area contributed by atoms with Crippen molar-refractivity contribution < 1.29 is 0 Å². The summed E-state index contributed by atoms with van der Waals surface area (Å²) in [5.41, 5.74) is 0. The van der Waals surface area contributed by atoms with Crippen molar-refractivity contribution in [3.63, 3.8) is 0 Å². The normalized spacial score (nSPS) is 18.2. The highest BCUT2D eigenvalue weighted by Crippen LogP contribution is 2.10. The largest absolute Gasteiger partial charge is 0.338 e. The van der Waals surface area contributed by atoms with Crippen LogP contribution < -0.4 is 10.2 Å². The molecular formula is C16H29N5. The Hall–Kier alpha value is -1.20. The van der Waals surface area contributed by atoms with Gasteiger partial charge in [-0.3, -0.25) is 4.90 Å². The van der Waals surface area contributed by atoms with Crippen molar-refractivity contribution in [2.24, 2.45) is 11.8 Å². The predicted octanol–water partition coefficient (Wildman–Crippen LogP) is 1.48. The Morgan fingerprint density at radius 1 is 1.05 bits per heavy atom. The Bertz CT molecular complexity index is 387. The van der Waals surface area contributed by atoms with Gasteiger partial charge in [0.25, 0.3) is 0 Å². The van der Waals surface area contributed by atoms with Gasteiger partial charge in [-0.15, -0.1) is 0 Å². The first-order chi connectivity index (χ1) is 10.1. The molecule has 0 spiro atoms. The van der Waals surface area contributed by atoms with Crippen molar-refractivity contribution in [3.8, 4) is 0 Å². The van der Waals surface area contributed by atoms with Crippen LogP contribution in [0.25, 0.3) is 0 Å². The molecule has 5 nitrogen and oxygen atoms in total. The minimum Gasteiger partial charge on any atom is -0.338 e. The highest BCUT2D eigenvalue weighted by atomic mass is 15.3. The van der Waals surface area contributed by atoms with E-state index in [9.17, 15) is 0 Å². The molecule has 1 unspecified atom stereocenters. The second-order valence-corrected chi connectivity index (χ2v) is 6.49. The summed E-state index contributed by atoms with van der Waals surface area (Å²) in [6.07, 6.45) is 3.63. The molecule has 2 rings (SSSR count). The fraction of sp³-hybridized carbons (Fsp3) is 0.750. The number of anilines is 1. The molecular weight excluding hydrogens is 262 g/mol. The van der Waals surface area contributed by atoms with Gasteiger partial charge in [0.2, 0.25) is 5.95 Å². The van der Waals surface area contributed by atoms with Crippen LogP contribution in [0.2, 0.25) is 0 Å². The molecule has 1 aliphatic heterocycles. The average Bonchev–Trinajstić information content (AvgIpc) is 2.48. The Balaban J connectivity index is 1.67. The van der Waals surface area contributed by atoms with Gasteiger partial charge >= 0.3 is 0 Å². The molecule has 1 aliphatic rings. The second-order valence-electron chi connectivity index (χ2n) is 6.49. The minimum atomic E-state index is 0.697. The monoisotopic (exact) mass is 291 g/mol. The summed E-state index contributed by atoms with van der Waals surface area (Å²) in [4.78, 5) is 13.5. The van der Waals surface area contributed by atoms with E-state index in [1.807, 2.05) is 18.5 Å². The molecule has 1 atom stereocenters. The first-order valence-corrected chi connectivity index (χ1v) is 8.10. The molecule has 21 heavy (non-hydrogen) atoms. The molecule has 118 valence electrons. The number of hydrogen-bond acceptors (Lipinski definition) is 5. The third-order valence-electron chi connectivity index (χ3n) is 3.82. The maximum atomic E-state index is 4.33. The van der Waals surface area contributed by atoms with E-state index < -0.39 is 0 Å². The van der Waals surface area contributed by atoms with Crippen LogP contribution in [0.1, 0.15) is 20.8 Å². The number of rotatable bonds is 7. The third kappa shape index (κ3) is 5.59. The minimum absolute atomic E-state index is 0.697. The highest BCUT2D eigenvalue weighted by Gasteiger charge is 2.19. The van der Waals surface area contributed by atoms with Crippen molar-refractivity contribution >= 4 is 5.95 Å². The van der Waals surface area contributed by atoms with Crippen LogP contribution >= 0.6 is 0 Å². The van der Waals surface area contributed by atoms with E-state index in [0.29, 0.717) is 5.92 Å². The summed E-state index contributed by atoms with van der Waals surface area (Å²) < 4.78 is 0. The lowest BCUT2D eigenvalue weighted by molar-refractivity contribution is 0.221. The zero-order valence-corrected chi connectivity index (χ0v) is 13.6. The molecule has 0 amide bonds. The van der Waals surface area contributed by atoms with Gasteiger partial charge in [-0.1, -0.05) is 20.8 Å². The van der Waals surface area contributed by atoms with Crippen LogP contribution in [0.15, 0.2) is 18.5 Å². The summed E-state index contributed by atoms with van der Waals surface area (Å²) in [6.45, 7) is 14.5. The van der Waals surface area contributed by atoms with Gasteiger partial charge in [0.15, 0.2) is 0 Å². The summed E-state index contributed by atoms with van der Waals surface area (Å²) in [5.74, 6) is 2.29. The quantitative estimate of drug-likeness (QED) is 0.824. The first-order valence-electron chi connectivity index (χ1n) is 8.10. The van der Waals surface area contributed by atoms with E-state index in [2.05, 4.69) is 45.9 Å². The van der Waals surface area contributed by atoms with Gasteiger partial charge in [-0.2, -0.15) is 0 Å². The first kappa shape index (κ1) is 16.2. The molecule has 0 aliphatic carbocycles. The van der Waals surface area contributed by atoms with Crippen LogP contribution in [0.5, 0.6) is 0 Å². The Kier molecular flexibility index (Phi) is 6.39. The summed E-state index contributed by atoms with van der Waals surface area (Å²) in [6, 6.07) is 1.87. The van der Waals surface area contributed by atoms with Crippen LogP contribution in [0.3, 0.4) is 0 Å². The van der Waals surface area contributed by atoms with Crippen molar-refractivity contribution in [3.05, 3.63) is 18.5 Å². The van der Waals surface area contributed by atoms with Crippen molar-refractivity contribution in [2.45, 2.75) is 20.8 Å². The van der Waals surface area contributed by atoms with Crippen LogP contribution in [-0.4, -0.2) is 60.7 Å². The standard InChI is InChI=1S/C16H29N5/c1-14(2)11-17-12-15(3)13-20-7-9-21(10-8-20)16-18-5-4-6-19-16/h4-6,14-15,17H,7-13H2,1-3H3. The lowest BCUT2D eigenvalue weighted by Gasteiger charge is -2.35. The molecule has 0 saturated carbocycles. The van der Waals surface area contributed by atoms with E-state index in [1.54, 1.807) is 0 Å². The average molecular weight is 291 g/mol.